The van der Waals surface area contributed by atoms with Gasteiger partial charge < -0.3 is 14.6 Å². The van der Waals surface area contributed by atoms with Crippen molar-refractivity contribution in [2.24, 2.45) is 0 Å². The maximum Gasteiger partial charge on any atom is 0.358 e. The van der Waals surface area contributed by atoms with Crippen LogP contribution in [0.3, 0.4) is 0 Å². The van der Waals surface area contributed by atoms with E-state index in [2.05, 4.69) is 10.3 Å². The number of ether oxygens (including phenoxy) is 1. The maximum absolute atomic E-state index is 11.3. The van der Waals surface area contributed by atoms with Crippen molar-refractivity contribution >= 4 is 30.8 Å². The SMILES string of the molecule is CCOC(=O)c1cn2c(n1)CNCC2.Cl.Cl. The minimum atomic E-state index is -0.339. The molecule has 7 heteroatoms. The van der Waals surface area contributed by atoms with Gasteiger partial charge in [0.1, 0.15) is 5.82 Å². The summed E-state index contributed by atoms with van der Waals surface area (Å²) in [6.07, 6.45) is 1.76. The van der Waals surface area contributed by atoms with Crippen LogP contribution in [0.4, 0.5) is 0 Å². The fraction of sp³-hybridized carbons (Fsp3) is 0.556. The highest BCUT2D eigenvalue weighted by atomic mass is 35.5. The van der Waals surface area contributed by atoms with Crippen molar-refractivity contribution < 1.29 is 9.53 Å². The van der Waals surface area contributed by atoms with Crippen molar-refractivity contribution in [3.8, 4) is 0 Å². The first-order valence-corrected chi connectivity index (χ1v) is 4.75. The average Bonchev–Trinajstić information content (AvgIpc) is 2.61. The number of rotatable bonds is 2. The molecular formula is C9H15Cl2N3O2. The van der Waals surface area contributed by atoms with Gasteiger partial charge in [-0.15, -0.1) is 24.8 Å². The van der Waals surface area contributed by atoms with E-state index in [0.29, 0.717) is 12.3 Å². The van der Waals surface area contributed by atoms with Gasteiger partial charge in [-0.3, -0.25) is 0 Å². The molecule has 5 nitrogen and oxygen atoms in total. The standard InChI is InChI=1S/C9H13N3O2.2ClH/c1-2-14-9(13)7-6-12-4-3-10-5-8(12)11-7;;/h6,10H,2-5H2,1H3;2*1H. The van der Waals surface area contributed by atoms with Gasteiger partial charge in [-0.2, -0.15) is 0 Å². The summed E-state index contributed by atoms with van der Waals surface area (Å²) in [5.74, 6) is 0.564. The van der Waals surface area contributed by atoms with Crippen LogP contribution in [0, 0.1) is 0 Å². The third-order valence-electron chi connectivity index (χ3n) is 2.16. The molecule has 0 bridgehead atoms. The highest BCUT2D eigenvalue weighted by Gasteiger charge is 2.16. The maximum atomic E-state index is 11.3. The highest BCUT2D eigenvalue weighted by molar-refractivity contribution is 5.87. The lowest BCUT2D eigenvalue weighted by atomic mass is 10.4. The zero-order valence-electron chi connectivity index (χ0n) is 8.93. The van der Waals surface area contributed by atoms with Crippen molar-refractivity contribution in [3.63, 3.8) is 0 Å². The lowest BCUT2D eigenvalue weighted by Gasteiger charge is -2.13. The van der Waals surface area contributed by atoms with Gasteiger partial charge in [0.15, 0.2) is 5.69 Å². The summed E-state index contributed by atoms with van der Waals surface area (Å²) >= 11 is 0. The van der Waals surface area contributed by atoms with E-state index in [0.717, 1.165) is 25.5 Å². The van der Waals surface area contributed by atoms with Gasteiger partial charge in [-0.25, -0.2) is 9.78 Å². The fourth-order valence-corrected chi connectivity index (χ4v) is 1.49. The van der Waals surface area contributed by atoms with Gasteiger partial charge >= 0.3 is 5.97 Å². The Bertz CT molecular complexity index is 331. The minimum Gasteiger partial charge on any atom is -0.461 e. The first-order chi connectivity index (χ1) is 6.81. The average molecular weight is 268 g/mol. The molecule has 16 heavy (non-hydrogen) atoms. The second-order valence-corrected chi connectivity index (χ2v) is 3.13. The Labute approximate surface area is 106 Å². The molecule has 0 aromatic carbocycles. The summed E-state index contributed by atoms with van der Waals surface area (Å²) in [6, 6.07) is 0. The van der Waals surface area contributed by atoms with E-state index in [1.54, 1.807) is 13.1 Å². The number of carbonyl (C=O) groups is 1. The number of imidazole rings is 1. The second-order valence-electron chi connectivity index (χ2n) is 3.13. The predicted octanol–water partition coefficient (Wildman–Crippen LogP) is 1.01. The van der Waals surface area contributed by atoms with Crippen molar-refractivity contribution in [1.82, 2.24) is 14.9 Å². The fourth-order valence-electron chi connectivity index (χ4n) is 1.49. The van der Waals surface area contributed by atoms with Crippen molar-refractivity contribution in [3.05, 3.63) is 17.7 Å². The van der Waals surface area contributed by atoms with Crippen LogP contribution in [0.2, 0.25) is 0 Å². The molecule has 1 aromatic rings. The second kappa shape index (κ2) is 6.73. The summed E-state index contributed by atoms with van der Waals surface area (Å²) < 4.78 is 6.86. The van der Waals surface area contributed by atoms with E-state index < -0.39 is 0 Å². The molecule has 1 aliphatic rings. The first kappa shape index (κ1) is 15.2. The monoisotopic (exact) mass is 267 g/mol. The summed E-state index contributed by atoms with van der Waals surface area (Å²) in [7, 11) is 0. The first-order valence-electron chi connectivity index (χ1n) is 4.75. The summed E-state index contributed by atoms with van der Waals surface area (Å²) in [5, 5.41) is 3.19. The highest BCUT2D eigenvalue weighted by Crippen LogP contribution is 2.07. The van der Waals surface area contributed by atoms with Gasteiger partial charge in [-0.05, 0) is 6.92 Å². The molecule has 0 spiro atoms. The number of aromatic nitrogens is 2. The number of hydrogen-bond acceptors (Lipinski definition) is 4. The van der Waals surface area contributed by atoms with Crippen LogP contribution in [0.1, 0.15) is 23.2 Å². The Morgan fingerprint density at radius 3 is 3.00 bits per heavy atom. The van der Waals surface area contributed by atoms with Gasteiger partial charge in [-0.1, -0.05) is 0 Å². The Hall–Kier alpha value is -0.780. The van der Waals surface area contributed by atoms with Gasteiger partial charge in [0, 0.05) is 19.3 Å². The normalized spacial score (nSPS) is 13.1. The molecule has 0 saturated heterocycles. The van der Waals surface area contributed by atoms with Crippen LogP contribution < -0.4 is 5.32 Å². The lowest BCUT2D eigenvalue weighted by Crippen LogP contribution is -2.27. The van der Waals surface area contributed by atoms with Crippen molar-refractivity contribution in [2.45, 2.75) is 20.0 Å². The molecule has 0 unspecified atom stereocenters. The largest absolute Gasteiger partial charge is 0.461 e. The molecule has 2 rings (SSSR count). The number of fused-ring (bicyclic) bond motifs is 1. The van der Waals surface area contributed by atoms with Crippen molar-refractivity contribution in [1.29, 1.82) is 0 Å². The number of carbonyl (C=O) groups excluding carboxylic acids is 1. The summed E-state index contributed by atoms with van der Waals surface area (Å²) in [6.45, 7) is 4.68. The molecule has 0 atom stereocenters. The van der Waals surface area contributed by atoms with Crippen LogP contribution in [0.15, 0.2) is 6.20 Å². The number of hydrogen-bond donors (Lipinski definition) is 1. The van der Waals surface area contributed by atoms with E-state index in [1.807, 2.05) is 4.57 Å². The van der Waals surface area contributed by atoms with E-state index in [9.17, 15) is 4.79 Å². The third-order valence-corrected chi connectivity index (χ3v) is 2.16. The number of esters is 1. The summed E-state index contributed by atoms with van der Waals surface area (Å²) in [5.41, 5.74) is 0.408. The van der Waals surface area contributed by atoms with Crippen LogP contribution in [0.25, 0.3) is 0 Å². The van der Waals surface area contributed by atoms with Gasteiger partial charge in [0.25, 0.3) is 0 Å². The Kier molecular flexibility index (Phi) is 6.40. The molecule has 1 N–H and O–H groups in total. The van der Waals surface area contributed by atoms with Gasteiger partial charge in [0.05, 0.1) is 13.2 Å². The summed E-state index contributed by atoms with van der Waals surface area (Å²) in [4.78, 5) is 15.5. The zero-order valence-corrected chi connectivity index (χ0v) is 10.6. The molecule has 0 radical (unpaired) electrons. The molecule has 1 aliphatic heterocycles. The van der Waals surface area contributed by atoms with Crippen LogP contribution in [-0.2, 0) is 17.8 Å². The molecule has 0 fully saturated rings. The van der Waals surface area contributed by atoms with E-state index >= 15 is 0 Å². The zero-order chi connectivity index (χ0) is 9.97. The smallest absolute Gasteiger partial charge is 0.358 e. The molecule has 0 saturated carbocycles. The van der Waals surface area contributed by atoms with Gasteiger partial charge in [0.2, 0.25) is 0 Å². The molecule has 2 heterocycles. The Morgan fingerprint density at radius 1 is 1.62 bits per heavy atom. The predicted molar refractivity (Wildman–Crippen MR) is 64.4 cm³/mol. The minimum absolute atomic E-state index is 0. The molecule has 92 valence electrons. The lowest BCUT2D eigenvalue weighted by molar-refractivity contribution is 0.0520. The Morgan fingerprint density at radius 2 is 2.38 bits per heavy atom. The molecular weight excluding hydrogens is 253 g/mol. The molecule has 0 amide bonds. The number of nitrogens with zero attached hydrogens (tertiary/aromatic N) is 2. The van der Waals surface area contributed by atoms with E-state index in [4.69, 9.17) is 4.74 Å². The molecule has 0 aliphatic carbocycles. The van der Waals surface area contributed by atoms with E-state index in [1.165, 1.54) is 0 Å². The third kappa shape index (κ3) is 3.10. The van der Waals surface area contributed by atoms with E-state index in [-0.39, 0.29) is 30.8 Å². The number of halogens is 2. The van der Waals surface area contributed by atoms with Crippen molar-refractivity contribution in [2.75, 3.05) is 13.2 Å². The molecule has 1 aromatic heterocycles. The quantitative estimate of drug-likeness (QED) is 0.813. The Balaban J connectivity index is 0.00000112. The topological polar surface area (TPSA) is 56.2 Å². The van der Waals surface area contributed by atoms with Crippen LogP contribution in [0.5, 0.6) is 0 Å². The number of nitrogens with one attached hydrogen (secondary N) is 1. The van der Waals surface area contributed by atoms with Crippen LogP contribution >= 0.6 is 24.8 Å². The van der Waals surface area contributed by atoms with Crippen LogP contribution in [-0.4, -0.2) is 28.7 Å².